The molecule has 2 rings (SSSR count). The third-order valence-electron chi connectivity index (χ3n) is 3.10. The molecule has 0 aromatic heterocycles. The van der Waals surface area contributed by atoms with E-state index in [9.17, 15) is 16.8 Å². The van der Waals surface area contributed by atoms with Gasteiger partial charge in [-0.25, -0.2) is 22.0 Å². The van der Waals surface area contributed by atoms with Gasteiger partial charge in [-0.15, -0.1) is 0 Å². The van der Waals surface area contributed by atoms with Crippen molar-refractivity contribution >= 4 is 43.4 Å². The Balaban J connectivity index is 2.37. The summed E-state index contributed by atoms with van der Waals surface area (Å²) in [6.45, 7) is 1.40. The molecule has 24 heavy (non-hydrogen) atoms. The topological polar surface area (TPSA) is 106 Å². The van der Waals surface area contributed by atoms with Crippen LogP contribution in [0.1, 0.15) is 12.5 Å². The summed E-state index contributed by atoms with van der Waals surface area (Å²) in [4.78, 5) is -0.290. The molecule has 0 saturated carbocycles. The van der Waals surface area contributed by atoms with Crippen LogP contribution in [0.2, 0.25) is 5.02 Å². The average Bonchev–Trinajstić information content (AvgIpc) is 2.48. The van der Waals surface area contributed by atoms with Crippen molar-refractivity contribution in [1.82, 2.24) is 0 Å². The van der Waals surface area contributed by atoms with E-state index in [1.54, 1.807) is 24.3 Å². The summed E-state index contributed by atoms with van der Waals surface area (Å²) in [6.07, 6.45) is 1.44. The molecule has 3 N–H and O–H groups in total. The number of nitrogens with one attached hydrogen (secondary N) is 1. The smallest absolute Gasteiger partial charge is 0.257 e. The van der Waals surface area contributed by atoms with Crippen LogP contribution in [0.15, 0.2) is 58.3 Å². The molecule has 0 aliphatic carbocycles. The van der Waals surface area contributed by atoms with Crippen LogP contribution in [0.25, 0.3) is 6.08 Å². The molecule has 9 heteroatoms. The molecule has 0 radical (unpaired) electrons. The lowest BCUT2D eigenvalue weighted by molar-refractivity contribution is 0.598. The fourth-order valence-corrected chi connectivity index (χ4v) is 3.70. The van der Waals surface area contributed by atoms with E-state index >= 15 is 0 Å². The Hall–Kier alpha value is -1.87. The Morgan fingerprint density at radius 3 is 2.21 bits per heavy atom. The van der Waals surface area contributed by atoms with Crippen molar-refractivity contribution in [3.63, 3.8) is 0 Å². The van der Waals surface area contributed by atoms with Gasteiger partial charge >= 0.3 is 0 Å². The van der Waals surface area contributed by atoms with Gasteiger partial charge in [-0.05, 0) is 42.8 Å². The van der Waals surface area contributed by atoms with Crippen LogP contribution in [0.5, 0.6) is 0 Å². The largest absolute Gasteiger partial charge is 0.279 e. The normalized spacial score (nSPS) is 12.9. The van der Waals surface area contributed by atoms with Gasteiger partial charge in [-0.2, -0.15) is 0 Å². The number of sulfonamides is 2. The van der Waals surface area contributed by atoms with Gasteiger partial charge in [-0.1, -0.05) is 35.9 Å². The van der Waals surface area contributed by atoms with Crippen LogP contribution in [0.4, 0.5) is 5.69 Å². The third-order valence-corrected chi connectivity index (χ3v) is 5.78. The van der Waals surface area contributed by atoms with Crippen molar-refractivity contribution < 1.29 is 16.8 Å². The Bertz CT molecular complexity index is 982. The van der Waals surface area contributed by atoms with Crippen molar-refractivity contribution in [3.8, 4) is 0 Å². The Kier molecular flexibility index (Phi) is 5.34. The van der Waals surface area contributed by atoms with E-state index in [1.807, 2.05) is 0 Å². The molecule has 0 amide bonds. The minimum atomic E-state index is -4.06. The number of benzene rings is 2. The summed E-state index contributed by atoms with van der Waals surface area (Å²) in [5.74, 6) is 0. The number of halogens is 1. The van der Waals surface area contributed by atoms with E-state index in [0.29, 0.717) is 10.6 Å². The predicted octanol–water partition coefficient (Wildman–Crippen LogP) is 2.79. The third kappa shape index (κ3) is 4.57. The highest BCUT2D eigenvalue weighted by atomic mass is 35.5. The maximum atomic E-state index is 12.4. The molecular weight excluding hydrogens is 372 g/mol. The molecule has 0 spiro atoms. The lowest BCUT2D eigenvalue weighted by Crippen LogP contribution is -2.19. The molecule has 6 nitrogen and oxygen atoms in total. The quantitative estimate of drug-likeness (QED) is 0.823. The maximum absolute atomic E-state index is 12.4. The van der Waals surface area contributed by atoms with Gasteiger partial charge in [0.15, 0.2) is 0 Å². The lowest BCUT2D eigenvalue weighted by atomic mass is 10.2. The monoisotopic (exact) mass is 386 g/mol. The van der Waals surface area contributed by atoms with Crippen molar-refractivity contribution in [2.24, 2.45) is 5.14 Å². The number of primary sulfonamides is 1. The first kappa shape index (κ1) is 18.5. The van der Waals surface area contributed by atoms with Crippen LogP contribution in [-0.4, -0.2) is 16.8 Å². The summed E-state index contributed by atoms with van der Waals surface area (Å²) in [5.41, 5.74) is 0.533. The Morgan fingerprint density at radius 2 is 1.62 bits per heavy atom. The minimum absolute atomic E-state index is 0.00837. The van der Waals surface area contributed by atoms with Crippen molar-refractivity contribution in [2.75, 3.05) is 4.72 Å². The molecule has 128 valence electrons. The number of hydrogen-bond acceptors (Lipinski definition) is 4. The number of hydrogen-bond donors (Lipinski definition) is 2. The van der Waals surface area contributed by atoms with Crippen molar-refractivity contribution in [2.45, 2.75) is 11.8 Å². The number of allylic oxidation sites excluding steroid dienone is 1. The summed E-state index contributed by atoms with van der Waals surface area (Å²) in [7, 11) is -8.00. The summed E-state index contributed by atoms with van der Waals surface area (Å²) in [5, 5.41) is 5.64. The van der Waals surface area contributed by atoms with E-state index in [4.69, 9.17) is 16.7 Å². The molecule has 0 aliphatic rings. The van der Waals surface area contributed by atoms with E-state index in [2.05, 4.69) is 4.72 Å². The molecule has 0 atom stereocenters. The van der Waals surface area contributed by atoms with Gasteiger partial charge in [0.25, 0.3) is 10.0 Å². The van der Waals surface area contributed by atoms with E-state index in [-0.39, 0.29) is 15.5 Å². The molecule has 0 aliphatic heterocycles. The van der Waals surface area contributed by atoms with Gasteiger partial charge in [0, 0.05) is 5.02 Å². The van der Waals surface area contributed by atoms with Crippen molar-refractivity contribution in [1.29, 1.82) is 0 Å². The predicted molar refractivity (Wildman–Crippen MR) is 95.5 cm³/mol. The fraction of sp³-hybridized carbons (Fsp3) is 0.0667. The highest BCUT2D eigenvalue weighted by Gasteiger charge is 2.19. The first-order valence-corrected chi connectivity index (χ1v) is 10.1. The lowest BCUT2D eigenvalue weighted by Gasteiger charge is -2.11. The second-order valence-corrected chi connectivity index (χ2v) is 8.77. The second kappa shape index (κ2) is 6.94. The second-order valence-electron chi connectivity index (χ2n) is 4.95. The zero-order chi connectivity index (χ0) is 18.0. The number of anilines is 1. The highest BCUT2D eigenvalue weighted by molar-refractivity contribution is 7.96. The van der Waals surface area contributed by atoms with Crippen LogP contribution in [-0.2, 0) is 20.0 Å². The van der Waals surface area contributed by atoms with Crippen molar-refractivity contribution in [3.05, 3.63) is 64.0 Å². The summed E-state index contributed by atoms with van der Waals surface area (Å²) < 4.78 is 50.2. The van der Waals surface area contributed by atoms with Gasteiger partial charge in [-0.3, -0.25) is 4.72 Å². The molecule has 2 aromatic carbocycles. The standard InChI is InChI=1S/C15H15ClN2O4S2/c1-11(10-12-6-8-13(16)9-7-12)24(21,22)18-14-4-2-3-5-15(14)23(17,19)20/h2-10,18H,1H3,(H2,17,19,20). The number of para-hydroxylation sites is 1. The van der Waals surface area contributed by atoms with Gasteiger partial charge in [0.2, 0.25) is 10.0 Å². The van der Waals surface area contributed by atoms with E-state index < -0.39 is 20.0 Å². The molecule has 0 fully saturated rings. The fourth-order valence-electron chi connectivity index (χ4n) is 1.90. The number of rotatable bonds is 5. The molecule has 2 aromatic rings. The molecule has 0 bridgehead atoms. The van der Waals surface area contributed by atoms with Gasteiger partial charge in [0.05, 0.1) is 10.6 Å². The molecule has 0 heterocycles. The summed E-state index contributed by atoms with van der Waals surface area (Å²) in [6, 6.07) is 12.1. The minimum Gasteiger partial charge on any atom is -0.279 e. The zero-order valence-electron chi connectivity index (χ0n) is 12.6. The van der Waals surface area contributed by atoms with Gasteiger partial charge in [0.1, 0.15) is 4.90 Å². The number of nitrogens with two attached hydrogens (primary N) is 1. The highest BCUT2D eigenvalue weighted by Crippen LogP contribution is 2.23. The zero-order valence-corrected chi connectivity index (χ0v) is 15.0. The molecule has 0 unspecified atom stereocenters. The van der Waals surface area contributed by atoms with Crippen LogP contribution >= 0.6 is 11.6 Å². The molecular formula is C15H15ClN2O4S2. The Labute approximate surface area is 146 Å². The van der Waals surface area contributed by atoms with Crippen LogP contribution in [0, 0.1) is 0 Å². The van der Waals surface area contributed by atoms with Crippen LogP contribution < -0.4 is 9.86 Å². The first-order chi connectivity index (χ1) is 11.1. The summed E-state index contributed by atoms with van der Waals surface area (Å²) >= 11 is 5.79. The Morgan fingerprint density at radius 1 is 1.04 bits per heavy atom. The van der Waals surface area contributed by atoms with E-state index in [0.717, 1.165) is 0 Å². The van der Waals surface area contributed by atoms with Crippen LogP contribution in [0.3, 0.4) is 0 Å². The maximum Gasteiger partial charge on any atom is 0.257 e. The average molecular weight is 387 g/mol. The van der Waals surface area contributed by atoms with E-state index in [1.165, 1.54) is 37.3 Å². The SMILES string of the molecule is CC(=Cc1ccc(Cl)cc1)S(=O)(=O)Nc1ccccc1S(N)(=O)=O. The molecule has 0 saturated heterocycles. The first-order valence-electron chi connectivity index (χ1n) is 6.68. The van der Waals surface area contributed by atoms with Gasteiger partial charge < -0.3 is 0 Å².